The monoisotopic (exact) mass is 285 g/mol. The number of non-ortho nitro benzene ring substituents is 1. The zero-order chi connectivity index (χ0) is 14.2. The smallest absolute Gasteiger partial charge is 0.269 e. The van der Waals surface area contributed by atoms with Crippen LogP contribution in [0.1, 0.15) is 12.0 Å². The number of nitrogens with zero attached hydrogens (tertiary/aromatic N) is 2. The van der Waals surface area contributed by atoms with Crippen LogP contribution in [-0.4, -0.2) is 36.8 Å². The van der Waals surface area contributed by atoms with E-state index in [1.54, 1.807) is 6.92 Å². The normalized spacial score (nSPS) is 20.6. The maximum absolute atomic E-state index is 12.4. The van der Waals surface area contributed by atoms with E-state index in [1.807, 2.05) is 0 Å². The second-order valence-electron chi connectivity index (χ2n) is 4.62. The topological polar surface area (TPSA) is 107 Å². The quantitative estimate of drug-likeness (QED) is 0.647. The minimum Gasteiger partial charge on any atom is -0.326 e. The number of sulfonamides is 1. The number of nitro benzene ring substituents is 1. The molecule has 1 atom stereocenters. The molecule has 0 unspecified atom stereocenters. The van der Waals surface area contributed by atoms with E-state index < -0.39 is 14.9 Å². The van der Waals surface area contributed by atoms with Gasteiger partial charge in [0.25, 0.3) is 5.69 Å². The summed E-state index contributed by atoms with van der Waals surface area (Å²) in [5.74, 6) is 0. The van der Waals surface area contributed by atoms with Crippen molar-refractivity contribution in [3.63, 3.8) is 0 Å². The fraction of sp³-hybridized carbons (Fsp3) is 0.455. The molecule has 0 bridgehead atoms. The highest BCUT2D eigenvalue weighted by Gasteiger charge is 2.32. The van der Waals surface area contributed by atoms with E-state index in [-0.39, 0.29) is 16.6 Å². The van der Waals surface area contributed by atoms with Crippen LogP contribution >= 0.6 is 0 Å². The third-order valence-corrected chi connectivity index (χ3v) is 5.20. The highest BCUT2D eigenvalue weighted by molar-refractivity contribution is 7.89. The average Bonchev–Trinajstić information content (AvgIpc) is 2.76. The summed E-state index contributed by atoms with van der Waals surface area (Å²) >= 11 is 0. The SMILES string of the molecule is Cc1cc([N+](=O)[O-])ccc1S(=O)(=O)N1CC[C@H](N)C1. The van der Waals surface area contributed by atoms with Crippen LogP contribution in [0.5, 0.6) is 0 Å². The lowest BCUT2D eigenvalue weighted by Gasteiger charge is -2.17. The Labute approximate surface area is 111 Å². The summed E-state index contributed by atoms with van der Waals surface area (Å²) in [6.07, 6.45) is 0.630. The standard InChI is InChI=1S/C11H15N3O4S/c1-8-6-10(14(15)16)2-3-11(8)19(17,18)13-5-4-9(12)7-13/h2-3,6,9H,4-5,7,12H2,1H3/t9-/m0/s1. The number of benzene rings is 1. The molecule has 0 aliphatic carbocycles. The molecule has 0 radical (unpaired) electrons. The first-order chi connectivity index (χ1) is 8.82. The molecule has 2 N–H and O–H groups in total. The minimum atomic E-state index is -3.61. The molecule has 0 saturated carbocycles. The van der Waals surface area contributed by atoms with Gasteiger partial charge in [-0.2, -0.15) is 4.31 Å². The van der Waals surface area contributed by atoms with Crippen LogP contribution in [0.25, 0.3) is 0 Å². The van der Waals surface area contributed by atoms with Gasteiger partial charge in [0.2, 0.25) is 10.0 Å². The van der Waals surface area contributed by atoms with E-state index in [4.69, 9.17) is 5.73 Å². The van der Waals surface area contributed by atoms with Crippen molar-refractivity contribution in [3.8, 4) is 0 Å². The van der Waals surface area contributed by atoms with Crippen molar-refractivity contribution in [3.05, 3.63) is 33.9 Å². The van der Waals surface area contributed by atoms with Gasteiger partial charge < -0.3 is 5.73 Å². The Morgan fingerprint density at radius 1 is 1.47 bits per heavy atom. The van der Waals surface area contributed by atoms with Gasteiger partial charge >= 0.3 is 0 Å². The molecule has 1 aromatic rings. The predicted octanol–water partition coefficient (Wildman–Crippen LogP) is 0.625. The lowest BCUT2D eigenvalue weighted by atomic mass is 10.2. The van der Waals surface area contributed by atoms with E-state index in [0.717, 1.165) is 0 Å². The largest absolute Gasteiger partial charge is 0.326 e. The zero-order valence-corrected chi connectivity index (χ0v) is 11.3. The molecule has 19 heavy (non-hydrogen) atoms. The Kier molecular flexibility index (Phi) is 3.57. The third kappa shape index (κ3) is 2.60. The number of rotatable bonds is 3. The Bertz CT molecular complexity index is 614. The Morgan fingerprint density at radius 3 is 2.63 bits per heavy atom. The first-order valence-electron chi connectivity index (χ1n) is 5.83. The van der Waals surface area contributed by atoms with Crippen molar-refractivity contribution < 1.29 is 13.3 Å². The average molecular weight is 285 g/mol. The van der Waals surface area contributed by atoms with Gasteiger partial charge in [0.1, 0.15) is 0 Å². The van der Waals surface area contributed by atoms with Crippen molar-refractivity contribution in [2.24, 2.45) is 5.73 Å². The van der Waals surface area contributed by atoms with Crippen LogP contribution in [-0.2, 0) is 10.0 Å². The first kappa shape index (κ1) is 13.9. The number of hydrogen-bond acceptors (Lipinski definition) is 5. The summed E-state index contributed by atoms with van der Waals surface area (Å²) in [6, 6.07) is 3.61. The molecule has 0 amide bonds. The van der Waals surface area contributed by atoms with E-state index in [0.29, 0.717) is 25.1 Å². The van der Waals surface area contributed by atoms with Gasteiger partial charge in [0.15, 0.2) is 0 Å². The van der Waals surface area contributed by atoms with Crippen LogP contribution in [0.4, 0.5) is 5.69 Å². The van der Waals surface area contributed by atoms with Crippen molar-refractivity contribution >= 4 is 15.7 Å². The van der Waals surface area contributed by atoms with Crippen LogP contribution in [0.3, 0.4) is 0 Å². The van der Waals surface area contributed by atoms with Crippen molar-refractivity contribution in [2.45, 2.75) is 24.3 Å². The molecule has 0 spiro atoms. The summed E-state index contributed by atoms with van der Waals surface area (Å²) in [6.45, 7) is 2.23. The van der Waals surface area contributed by atoms with Crippen molar-refractivity contribution in [1.29, 1.82) is 0 Å². The number of hydrogen-bond donors (Lipinski definition) is 1. The highest BCUT2D eigenvalue weighted by Crippen LogP contribution is 2.26. The van der Waals surface area contributed by atoms with E-state index >= 15 is 0 Å². The van der Waals surface area contributed by atoms with Gasteiger partial charge in [-0.05, 0) is 25.0 Å². The van der Waals surface area contributed by atoms with Gasteiger partial charge in [-0.1, -0.05) is 0 Å². The summed E-state index contributed by atoms with van der Waals surface area (Å²) in [5, 5.41) is 10.6. The van der Waals surface area contributed by atoms with Crippen molar-refractivity contribution in [2.75, 3.05) is 13.1 Å². The molecule has 8 heteroatoms. The van der Waals surface area contributed by atoms with E-state index in [2.05, 4.69) is 0 Å². The molecule has 1 fully saturated rings. The summed E-state index contributed by atoms with van der Waals surface area (Å²) in [7, 11) is -3.61. The molecule has 1 aliphatic rings. The first-order valence-corrected chi connectivity index (χ1v) is 7.27. The van der Waals surface area contributed by atoms with E-state index in [9.17, 15) is 18.5 Å². The fourth-order valence-corrected chi connectivity index (χ4v) is 3.87. The third-order valence-electron chi connectivity index (χ3n) is 3.17. The second-order valence-corrected chi connectivity index (χ2v) is 6.53. The summed E-state index contributed by atoms with van der Waals surface area (Å²) in [4.78, 5) is 10.2. The van der Waals surface area contributed by atoms with Crippen molar-refractivity contribution in [1.82, 2.24) is 4.31 Å². The minimum absolute atomic E-state index is 0.104. The number of nitro groups is 1. The lowest BCUT2D eigenvalue weighted by Crippen LogP contribution is -2.32. The van der Waals surface area contributed by atoms with Gasteiger partial charge in [-0.3, -0.25) is 10.1 Å². The van der Waals surface area contributed by atoms with Crippen LogP contribution in [0, 0.1) is 17.0 Å². The van der Waals surface area contributed by atoms with Crippen LogP contribution < -0.4 is 5.73 Å². The maximum atomic E-state index is 12.4. The maximum Gasteiger partial charge on any atom is 0.269 e. The fourth-order valence-electron chi connectivity index (χ4n) is 2.15. The molecule has 0 aromatic heterocycles. The molecule has 1 aromatic carbocycles. The second kappa shape index (κ2) is 4.87. The van der Waals surface area contributed by atoms with E-state index in [1.165, 1.54) is 22.5 Å². The lowest BCUT2D eigenvalue weighted by molar-refractivity contribution is -0.385. The molecule has 104 valence electrons. The predicted molar refractivity (Wildman–Crippen MR) is 69.2 cm³/mol. The molecule has 1 aliphatic heterocycles. The highest BCUT2D eigenvalue weighted by atomic mass is 32.2. The molecular weight excluding hydrogens is 270 g/mol. The molecule has 1 saturated heterocycles. The van der Waals surface area contributed by atoms with Crippen LogP contribution in [0.2, 0.25) is 0 Å². The van der Waals surface area contributed by atoms with Gasteiger partial charge in [0, 0.05) is 31.3 Å². The number of aryl methyl sites for hydroxylation is 1. The zero-order valence-electron chi connectivity index (χ0n) is 10.4. The number of nitrogens with two attached hydrogens (primary N) is 1. The van der Waals surface area contributed by atoms with Gasteiger partial charge in [0.05, 0.1) is 9.82 Å². The van der Waals surface area contributed by atoms with Gasteiger partial charge in [-0.15, -0.1) is 0 Å². The Balaban J connectivity index is 2.38. The van der Waals surface area contributed by atoms with Crippen LogP contribution in [0.15, 0.2) is 23.1 Å². The molecule has 1 heterocycles. The molecule has 2 rings (SSSR count). The molecule has 7 nitrogen and oxygen atoms in total. The van der Waals surface area contributed by atoms with Gasteiger partial charge in [-0.25, -0.2) is 8.42 Å². The summed E-state index contributed by atoms with van der Waals surface area (Å²) < 4.78 is 26.1. The Hall–Kier alpha value is -1.51. The summed E-state index contributed by atoms with van der Waals surface area (Å²) in [5.41, 5.74) is 5.96. The Morgan fingerprint density at radius 2 is 2.16 bits per heavy atom. The molecular formula is C11H15N3O4S.